The van der Waals surface area contributed by atoms with Gasteiger partial charge in [0.05, 0.1) is 5.56 Å². The molecule has 0 spiro atoms. The zero-order valence-corrected chi connectivity index (χ0v) is 13.1. The third kappa shape index (κ3) is 3.93. The predicted octanol–water partition coefficient (Wildman–Crippen LogP) is 3.29. The molecule has 0 radical (unpaired) electrons. The minimum Gasteiger partial charge on any atom is -0.349 e. The maximum absolute atomic E-state index is 13.1. The summed E-state index contributed by atoms with van der Waals surface area (Å²) in [5.41, 5.74) is 6.42. The second-order valence-corrected chi connectivity index (χ2v) is 6.79. The molecular weight excluding hydrogens is 318 g/mol. The Bertz CT molecular complexity index is 513. The lowest BCUT2D eigenvalue weighted by Crippen LogP contribution is -2.40. The van der Waals surface area contributed by atoms with Gasteiger partial charge in [-0.2, -0.15) is 0 Å². The van der Waals surface area contributed by atoms with Gasteiger partial charge >= 0.3 is 0 Å². The minimum atomic E-state index is -2.56. The third-order valence-corrected chi connectivity index (χ3v) is 5.20. The van der Waals surface area contributed by atoms with Gasteiger partial charge in [-0.3, -0.25) is 4.79 Å². The molecule has 0 aliphatic heterocycles. The topological polar surface area (TPSA) is 55.1 Å². The van der Waals surface area contributed by atoms with Crippen molar-refractivity contribution in [2.45, 2.75) is 56.0 Å². The standard InChI is InChI=1S/C14H18F2N2OS.ClH/c15-14(16)3-1-9(2-4-14)18-13(19)8-5-12(20-7-8)10-6-11(10)17;/h5,7,9-11H,1-4,6,17H2,(H,18,19);1H/t10-,11-;/m1./s1. The number of thiophene rings is 1. The molecule has 1 aromatic heterocycles. The maximum atomic E-state index is 13.1. The first-order chi connectivity index (χ1) is 9.44. The molecule has 0 aromatic carbocycles. The van der Waals surface area contributed by atoms with E-state index in [1.54, 1.807) is 11.3 Å². The molecule has 0 unspecified atom stereocenters. The highest BCUT2D eigenvalue weighted by molar-refractivity contribution is 7.10. The van der Waals surface area contributed by atoms with Crippen LogP contribution < -0.4 is 11.1 Å². The summed E-state index contributed by atoms with van der Waals surface area (Å²) < 4.78 is 26.1. The van der Waals surface area contributed by atoms with E-state index in [0.717, 1.165) is 11.3 Å². The molecule has 3 N–H and O–H groups in total. The summed E-state index contributed by atoms with van der Waals surface area (Å²) in [6.07, 6.45) is 1.42. The number of rotatable bonds is 3. The number of nitrogens with one attached hydrogen (secondary N) is 1. The van der Waals surface area contributed by atoms with Crippen molar-refractivity contribution in [3.05, 3.63) is 21.9 Å². The van der Waals surface area contributed by atoms with E-state index in [9.17, 15) is 13.6 Å². The molecule has 1 aromatic rings. The molecule has 2 aliphatic carbocycles. The van der Waals surface area contributed by atoms with E-state index in [1.807, 2.05) is 11.4 Å². The smallest absolute Gasteiger partial charge is 0.252 e. The van der Waals surface area contributed by atoms with E-state index in [4.69, 9.17) is 5.73 Å². The van der Waals surface area contributed by atoms with Gasteiger partial charge in [0.1, 0.15) is 0 Å². The summed E-state index contributed by atoms with van der Waals surface area (Å²) in [4.78, 5) is 13.2. The van der Waals surface area contributed by atoms with Gasteiger partial charge in [0.15, 0.2) is 0 Å². The van der Waals surface area contributed by atoms with Crippen molar-refractivity contribution in [1.82, 2.24) is 5.32 Å². The minimum absolute atomic E-state index is 0. The van der Waals surface area contributed by atoms with E-state index >= 15 is 0 Å². The summed E-state index contributed by atoms with van der Waals surface area (Å²) in [6, 6.07) is 1.98. The van der Waals surface area contributed by atoms with Crippen LogP contribution in [0.3, 0.4) is 0 Å². The van der Waals surface area contributed by atoms with E-state index in [0.29, 0.717) is 24.3 Å². The second kappa shape index (κ2) is 6.18. The number of carbonyl (C=O) groups excluding carboxylic acids is 1. The van der Waals surface area contributed by atoms with Crippen LogP contribution in [0, 0.1) is 0 Å². The van der Waals surface area contributed by atoms with Crippen LogP contribution in [0.25, 0.3) is 0 Å². The summed E-state index contributed by atoms with van der Waals surface area (Å²) in [7, 11) is 0. The van der Waals surface area contributed by atoms with Crippen molar-refractivity contribution in [1.29, 1.82) is 0 Å². The Hall–Kier alpha value is -0.720. The summed E-state index contributed by atoms with van der Waals surface area (Å²) in [6.45, 7) is 0. The van der Waals surface area contributed by atoms with E-state index in [2.05, 4.69) is 5.32 Å². The number of nitrogens with two attached hydrogens (primary N) is 1. The van der Waals surface area contributed by atoms with Crippen molar-refractivity contribution in [3.63, 3.8) is 0 Å². The van der Waals surface area contributed by atoms with Gasteiger partial charge in [0.25, 0.3) is 5.91 Å². The van der Waals surface area contributed by atoms with Crippen LogP contribution >= 0.6 is 23.7 Å². The van der Waals surface area contributed by atoms with Crippen LogP contribution in [-0.2, 0) is 0 Å². The molecule has 1 heterocycles. The quantitative estimate of drug-likeness (QED) is 0.890. The molecule has 21 heavy (non-hydrogen) atoms. The first kappa shape index (κ1) is 16.6. The van der Waals surface area contributed by atoms with Crippen LogP contribution in [0.1, 0.15) is 53.3 Å². The Balaban J connectivity index is 0.00000161. The molecular formula is C14H19ClF2N2OS. The SMILES string of the molecule is Cl.N[C@@H]1C[C@H]1c1cc(C(=O)NC2CCC(F)(F)CC2)cs1. The van der Waals surface area contributed by atoms with Gasteiger partial charge in [-0.15, -0.1) is 23.7 Å². The van der Waals surface area contributed by atoms with E-state index < -0.39 is 5.92 Å². The first-order valence-electron chi connectivity index (χ1n) is 6.97. The Kier molecular flexibility index (Phi) is 4.90. The average Bonchev–Trinajstić information content (AvgIpc) is 2.92. The van der Waals surface area contributed by atoms with Crippen LogP contribution in [0.5, 0.6) is 0 Å². The van der Waals surface area contributed by atoms with E-state index in [1.165, 1.54) is 0 Å². The molecule has 3 nitrogen and oxygen atoms in total. The Labute approximate surface area is 132 Å². The van der Waals surface area contributed by atoms with Crippen molar-refractivity contribution >= 4 is 29.7 Å². The summed E-state index contributed by atoms with van der Waals surface area (Å²) >= 11 is 1.55. The highest BCUT2D eigenvalue weighted by Crippen LogP contribution is 2.42. The van der Waals surface area contributed by atoms with Crippen LogP contribution in [0.15, 0.2) is 11.4 Å². The van der Waals surface area contributed by atoms with Crippen molar-refractivity contribution < 1.29 is 13.6 Å². The van der Waals surface area contributed by atoms with E-state index in [-0.39, 0.29) is 43.2 Å². The Morgan fingerprint density at radius 3 is 2.57 bits per heavy atom. The molecule has 2 fully saturated rings. The van der Waals surface area contributed by atoms with Gasteiger partial charge in [-0.1, -0.05) is 0 Å². The maximum Gasteiger partial charge on any atom is 0.252 e. The summed E-state index contributed by atoms with van der Waals surface area (Å²) in [5.74, 6) is -2.31. The van der Waals surface area contributed by atoms with Gasteiger partial charge in [0.2, 0.25) is 5.92 Å². The fraction of sp³-hybridized carbons (Fsp3) is 0.643. The molecule has 2 aliphatic rings. The number of hydrogen-bond acceptors (Lipinski definition) is 3. The van der Waals surface area contributed by atoms with Gasteiger partial charge < -0.3 is 11.1 Å². The average molecular weight is 337 g/mol. The zero-order valence-electron chi connectivity index (χ0n) is 11.5. The second-order valence-electron chi connectivity index (χ2n) is 5.85. The molecule has 1 amide bonds. The Morgan fingerprint density at radius 1 is 1.38 bits per heavy atom. The lowest BCUT2D eigenvalue weighted by molar-refractivity contribution is -0.0399. The number of hydrogen-bond donors (Lipinski definition) is 2. The largest absolute Gasteiger partial charge is 0.349 e. The Morgan fingerprint density at radius 2 is 2.00 bits per heavy atom. The number of halogens is 3. The fourth-order valence-corrected chi connectivity index (χ4v) is 3.74. The predicted molar refractivity (Wildman–Crippen MR) is 81.6 cm³/mol. The summed E-state index contributed by atoms with van der Waals surface area (Å²) in [5, 5.41) is 4.69. The van der Waals surface area contributed by atoms with Crippen molar-refractivity contribution in [2.24, 2.45) is 5.73 Å². The lowest BCUT2D eigenvalue weighted by Gasteiger charge is -2.28. The molecule has 118 valence electrons. The normalized spacial score (nSPS) is 27.8. The highest BCUT2D eigenvalue weighted by atomic mass is 35.5. The first-order valence-corrected chi connectivity index (χ1v) is 7.85. The molecule has 2 saturated carbocycles. The third-order valence-electron chi connectivity index (χ3n) is 4.14. The van der Waals surface area contributed by atoms with Gasteiger partial charge in [-0.25, -0.2) is 8.78 Å². The number of carbonyl (C=O) groups is 1. The molecule has 2 atom stereocenters. The lowest BCUT2D eigenvalue weighted by atomic mass is 9.92. The van der Waals surface area contributed by atoms with Crippen molar-refractivity contribution in [2.75, 3.05) is 0 Å². The van der Waals surface area contributed by atoms with Crippen LogP contribution in [0.4, 0.5) is 8.78 Å². The fourth-order valence-electron chi connectivity index (χ4n) is 2.66. The van der Waals surface area contributed by atoms with Crippen molar-refractivity contribution in [3.8, 4) is 0 Å². The zero-order chi connectivity index (χ0) is 14.3. The van der Waals surface area contributed by atoms with Crippen LogP contribution in [0.2, 0.25) is 0 Å². The molecule has 7 heteroatoms. The van der Waals surface area contributed by atoms with Gasteiger partial charge in [-0.05, 0) is 25.3 Å². The molecule has 0 saturated heterocycles. The highest BCUT2D eigenvalue weighted by Gasteiger charge is 2.37. The molecule has 3 rings (SSSR count). The molecule has 0 bridgehead atoms. The number of alkyl halides is 2. The van der Waals surface area contributed by atoms with Gasteiger partial charge in [0, 0.05) is 41.1 Å². The monoisotopic (exact) mass is 336 g/mol. The number of amides is 1. The van der Waals surface area contributed by atoms with Crippen LogP contribution in [-0.4, -0.2) is 23.9 Å².